The number of hydrogen-bond acceptors (Lipinski definition) is 4. The molecular formula is C29H34BrN3O4S. The molecule has 0 saturated carbocycles. The molecule has 0 fully saturated rings. The number of anilines is 1. The van der Waals surface area contributed by atoms with Gasteiger partial charge in [-0.15, -0.1) is 0 Å². The van der Waals surface area contributed by atoms with Crippen molar-refractivity contribution in [3.05, 3.63) is 94.0 Å². The van der Waals surface area contributed by atoms with Gasteiger partial charge in [0.2, 0.25) is 11.8 Å². The number of benzene rings is 3. The molecule has 0 radical (unpaired) electrons. The Kier molecular flexibility index (Phi) is 10.1. The molecule has 0 bridgehead atoms. The molecule has 0 aliphatic heterocycles. The van der Waals surface area contributed by atoms with Gasteiger partial charge in [0.15, 0.2) is 0 Å². The van der Waals surface area contributed by atoms with Crippen molar-refractivity contribution in [2.24, 2.45) is 0 Å². The Hall–Kier alpha value is -3.17. The van der Waals surface area contributed by atoms with E-state index in [1.807, 2.05) is 51.1 Å². The van der Waals surface area contributed by atoms with Gasteiger partial charge in [-0.1, -0.05) is 65.3 Å². The van der Waals surface area contributed by atoms with Crippen molar-refractivity contribution in [1.29, 1.82) is 0 Å². The molecule has 38 heavy (non-hydrogen) atoms. The maximum Gasteiger partial charge on any atom is 0.264 e. The molecule has 1 N–H and O–H groups in total. The van der Waals surface area contributed by atoms with Crippen LogP contribution in [0.5, 0.6) is 0 Å². The SMILES string of the molecule is CCCNC(=O)[C@H](C)N(Cc1cccc(Br)c1)C(=O)CN(c1cccc(C)c1C)S(=O)(=O)c1ccccc1. The van der Waals surface area contributed by atoms with Crippen LogP contribution in [0.1, 0.15) is 37.0 Å². The summed E-state index contributed by atoms with van der Waals surface area (Å²) >= 11 is 3.46. The molecule has 0 aliphatic carbocycles. The second-order valence-corrected chi connectivity index (χ2v) is 11.9. The monoisotopic (exact) mass is 599 g/mol. The van der Waals surface area contributed by atoms with E-state index in [2.05, 4.69) is 21.2 Å². The number of nitrogens with zero attached hydrogens (tertiary/aromatic N) is 2. The molecule has 0 unspecified atom stereocenters. The molecule has 9 heteroatoms. The fraction of sp³-hybridized carbons (Fsp3) is 0.310. The van der Waals surface area contributed by atoms with Crippen molar-refractivity contribution in [2.75, 3.05) is 17.4 Å². The van der Waals surface area contributed by atoms with Gasteiger partial charge in [-0.25, -0.2) is 8.42 Å². The third-order valence-corrected chi connectivity index (χ3v) is 8.68. The quantitative estimate of drug-likeness (QED) is 0.328. The first kappa shape index (κ1) is 29.4. The zero-order chi connectivity index (χ0) is 27.9. The third-order valence-electron chi connectivity index (χ3n) is 6.41. The van der Waals surface area contributed by atoms with Crippen LogP contribution in [0.15, 0.2) is 82.2 Å². The summed E-state index contributed by atoms with van der Waals surface area (Å²) in [6, 6.07) is 20.1. The zero-order valence-electron chi connectivity index (χ0n) is 22.1. The number of nitrogens with one attached hydrogen (secondary N) is 1. The van der Waals surface area contributed by atoms with E-state index < -0.39 is 28.5 Å². The molecule has 0 heterocycles. The lowest BCUT2D eigenvalue weighted by Gasteiger charge is -2.32. The second kappa shape index (κ2) is 13.1. The van der Waals surface area contributed by atoms with E-state index in [0.717, 1.165) is 31.9 Å². The fourth-order valence-electron chi connectivity index (χ4n) is 4.05. The third kappa shape index (κ3) is 7.02. The van der Waals surface area contributed by atoms with Crippen LogP contribution in [-0.4, -0.2) is 44.3 Å². The van der Waals surface area contributed by atoms with E-state index in [1.54, 1.807) is 37.3 Å². The maximum absolute atomic E-state index is 13.9. The molecule has 7 nitrogen and oxygen atoms in total. The molecule has 3 rings (SSSR count). The number of carbonyl (C=O) groups is 2. The van der Waals surface area contributed by atoms with Gasteiger partial charge in [-0.3, -0.25) is 13.9 Å². The number of rotatable bonds is 11. The lowest BCUT2D eigenvalue weighted by molar-refractivity contribution is -0.139. The summed E-state index contributed by atoms with van der Waals surface area (Å²) in [5.74, 6) is -0.774. The number of carbonyl (C=O) groups excluding carboxylic acids is 2. The summed E-state index contributed by atoms with van der Waals surface area (Å²) in [6.07, 6.45) is 0.758. The minimum Gasteiger partial charge on any atom is -0.354 e. The van der Waals surface area contributed by atoms with Crippen LogP contribution in [0, 0.1) is 13.8 Å². The van der Waals surface area contributed by atoms with Crippen LogP contribution in [-0.2, 0) is 26.2 Å². The molecule has 0 aliphatic rings. The van der Waals surface area contributed by atoms with Gasteiger partial charge < -0.3 is 10.2 Å². The summed E-state index contributed by atoms with van der Waals surface area (Å²) in [5.41, 5.74) is 2.90. The van der Waals surface area contributed by atoms with Gasteiger partial charge in [0.05, 0.1) is 10.6 Å². The second-order valence-electron chi connectivity index (χ2n) is 9.16. The van der Waals surface area contributed by atoms with E-state index in [1.165, 1.54) is 17.0 Å². The first-order valence-corrected chi connectivity index (χ1v) is 14.7. The summed E-state index contributed by atoms with van der Waals surface area (Å²) in [7, 11) is -4.08. The summed E-state index contributed by atoms with van der Waals surface area (Å²) in [5, 5.41) is 2.85. The number of aryl methyl sites for hydroxylation is 1. The van der Waals surface area contributed by atoms with E-state index in [9.17, 15) is 18.0 Å². The Balaban J connectivity index is 2.05. The average molecular weight is 601 g/mol. The number of sulfonamides is 1. The molecule has 0 spiro atoms. The van der Waals surface area contributed by atoms with Crippen molar-refractivity contribution in [1.82, 2.24) is 10.2 Å². The van der Waals surface area contributed by atoms with Gasteiger partial charge >= 0.3 is 0 Å². The Morgan fingerprint density at radius 2 is 1.66 bits per heavy atom. The van der Waals surface area contributed by atoms with Crippen LogP contribution in [0.25, 0.3) is 0 Å². The van der Waals surface area contributed by atoms with Crippen LogP contribution in [0.2, 0.25) is 0 Å². The molecular weight excluding hydrogens is 566 g/mol. The van der Waals surface area contributed by atoms with Crippen LogP contribution >= 0.6 is 15.9 Å². The summed E-state index contributed by atoms with van der Waals surface area (Å²) in [4.78, 5) is 28.4. The first-order valence-electron chi connectivity index (χ1n) is 12.5. The maximum atomic E-state index is 13.9. The zero-order valence-corrected chi connectivity index (χ0v) is 24.6. The predicted molar refractivity (Wildman–Crippen MR) is 154 cm³/mol. The highest BCUT2D eigenvalue weighted by Gasteiger charge is 2.33. The number of halogens is 1. The molecule has 2 amide bonds. The Labute approximate surface area is 234 Å². The molecule has 1 atom stereocenters. The lowest BCUT2D eigenvalue weighted by atomic mass is 10.1. The highest BCUT2D eigenvalue weighted by atomic mass is 79.9. The molecule has 0 saturated heterocycles. The van der Waals surface area contributed by atoms with E-state index >= 15 is 0 Å². The van der Waals surface area contributed by atoms with Crippen molar-refractivity contribution < 1.29 is 18.0 Å². The van der Waals surface area contributed by atoms with Crippen LogP contribution < -0.4 is 9.62 Å². The summed E-state index contributed by atoms with van der Waals surface area (Å²) < 4.78 is 29.7. The van der Waals surface area contributed by atoms with E-state index in [4.69, 9.17) is 0 Å². The predicted octanol–water partition coefficient (Wildman–Crippen LogP) is 5.20. The van der Waals surface area contributed by atoms with Crippen molar-refractivity contribution in [2.45, 2.75) is 51.6 Å². The minimum absolute atomic E-state index is 0.0842. The van der Waals surface area contributed by atoms with Crippen molar-refractivity contribution in [3.63, 3.8) is 0 Å². The first-order chi connectivity index (χ1) is 18.1. The highest BCUT2D eigenvalue weighted by molar-refractivity contribution is 9.10. The highest BCUT2D eigenvalue weighted by Crippen LogP contribution is 2.29. The topological polar surface area (TPSA) is 86.8 Å². The lowest BCUT2D eigenvalue weighted by Crippen LogP contribution is -2.51. The van der Waals surface area contributed by atoms with Gasteiger partial charge in [0, 0.05) is 17.6 Å². The van der Waals surface area contributed by atoms with Crippen LogP contribution in [0.3, 0.4) is 0 Å². The molecule has 3 aromatic carbocycles. The largest absolute Gasteiger partial charge is 0.354 e. The van der Waals surface area contributed by atoms with E-state index in [0.29, 0.717) is 12.2 Å². The van der Waals surface area contributed by atoms with Crippen molar-refractivity contribution >= 4 is 43.5 Å². The van der Waals surface area contributed by atoms with E-state index in [-0.39, 0.29) is 17.3 Å². The Morgan fingerprint density at radius 1 is 0.974 bits per heavy atom. The number of hydrogen-bond donors (Lipinski definition) is 1. The Morgan fingerprint density at radius 3 is 2.32 bits per heavy atom. The minimum atomic E-state index is -4.08. The van der Waals surface area contributed by atoms with Crippen LogP contribution in [0.4, 0.5) is 5.69 Å². The molecule has 3 aromatic rings. The molecule has 0 aromatic heterocycles. The fourth-order valence-corrected chi connectivity index (χ4v) is 5.99. The van der Waals surface area contributed by atoms with Gasteiger partial charge in [-0.05, 0) is 74.2 Å². The van der Waals surface area contributed by atoms with Gasteiger partial charge in [0.1, 0.15) is 12.6 Å². The van der Waals surface area contributed by atoms with Crippen molar-refractivity contribution in [3.8, 4) is 0 Å². The molecule has 202 valence electrons. The standard InChI is InChI=1S/C29H34BrN3O4S/c1-5-17-31-29(35)23(4)32(19-24-12-10-13-25(30)18-24)28(34)20-33(27-16-9-11-21(2)22(27)3)38(36,37)26-14-7-6-8-15-26/h6-16,18,23H,5,17,19-20H2,1-4H3,(H,31,35)/t23-/m0/s1. The number of amides is 2. The van der Waals surface area contributed by atoms with Gasteiger partial charge in [-0.2, -0.15) is 0 Å². The van der Waals surface area contributed by atoms with Gasteiger partial charge in [0.25, 0.3) is 10.0 Å². The Bertz CT molecular complexity index is 1380. The normalized spacial score (nSPS) is 12.0. The summed E-state index contributed by atoms with van der Waals surface area (Å²) in [6.45, 7) is 7.52. The average Bonchev–Trinajstić information content (AvgIpc) is 2.90. The smallest absolute Gasteiger partial charge is 0.264 e.